The van der Waals surface area contributed by atoms with Crippen LogP contribution in [0, 0.1) is 0 Å². The molecule has 7 heteroatoms. The molecule has 4 aromatic rings. The molecular formula is C18H13N3O3S. The van der Waals surface area contributed by atoms with E-state index >= 15 is 0 Å². The van der Waals surface area contributed by atoms with E-state index in [1.165, 1.54) is 22.2 Å². The summed E-state index contributed by atoms with van der Waals surface area (Å²) in [6.45, 7) is 0.0575. The zero-order chi connectivity index (χ0) is 17.2. The van der Waals surface area contributed by atoms with Gasteiger partial charge in [-0.2, -0.15) is 5.10 Å². The highest BCUT2D eigenvalue weighted by Crippen LogP contribution is 2.22. The first kappa shape index (κ1) is 15.5. The number of aromatic nitrogens is 3. The molecule has 124 valence electrons. The van der Waals surface area contributed by atoms with Crippen LogP contribution in [0.2, 0.25) is 0 Å². The number of thiazole rings is 1. The van der Waals surface area contributed by atoms with Crippen LogP contribution in [0.3, 0.4) is 0 Å². The van der Waals surface area contributed by atoms with Crippen molar-refractivity contribution in [3.05, 3.63) is 70.0 Å². The van der Waals surface area contributed by atoms with Crippen LogP contribution in [0.15, 0.2) is 59.5 Å². The van der Waals surface area contributed by atoms with Crippen molar-refractivity contribution in [2.24, 2.45) is 0 Å². The van der Waals surface area contributed by atoms with Crippen molar-refractivity contribution in [1.29, 1.82) is 0 Å². The molecule has 0 N–H and O–H groups in total. The van der Waals surface area contributed by atoms with Crippen molar-refractivity contribution in [3.63, 3.8) is 0 Å². The molecule has 25 heavy (non-hydrogen) atoms. The van der Waals surface area contributed by atoms with E-state index in [2.05, 4.69) is 10.1 Å². The van der Waals surface area contributed by atoms with Gasteiger partial charge in [0.05, 0.1) is 21.9 Å². The van der Waals surface area contributed by atoms with Crippen molar-refractivity contribution in [2.75, 3.05) is 0 Å². The van der Waals surface area contributed by atoms with Crippen molar-refractivity contribution in [3.8, 4) is 0 Å². The van der Waals surface area contributed by atoms with E-state index in [-0.39, 0.29) is 18.6 Å². The highest BCUT2D eigenvalue weighted by molar-refractivity contribution is 7.18. The molecule has 0 bridgehead atoms. The summed E-state index contributed by atoms with van der Waals surface area (Å²) in [7, 11) is 0. The van der Waals surface area contributed by atoms with E-state index in [4.69, 9.17) is 4.74 Å². The van der Waals surface area contributed by atoms with Gasteiger partial charge in [-0.1, -0.05) is 24.3 Å². The first-order valence-corrected chi connectivity index (χ1v) is 8.47. The normalized spacial score (nSPS) is 11.0. The van der Waals surface area contributed by atoms with Crippen LogP contribution in [0.25, 0.3) is 21.1 Å². The summed E-state index contributed by atoms with van der Waals surface area (Å²) in [5, 5.41) is 5.29. The Balaban J connectivity index is 1.49. The molecule has 0 aliphatic rings. The summed E-state index contributed by atoms with van der Waals surface area (Å²) in [5.74, 6) is -0.430. The second-order valence-corrected chi connectivity index (χ2v) is 6.53. The fourth-order valence-corrected chi connectivity index (χ4v) is 3.46. The minimum atomic E-state index is -0.430. The maximum absolute atomic E-state index is 12.1. The van der Waals surface area contributed by atoms with Crippen LogP contribution in [0.1, 0.15) is 5.01 Å². The largest absolute Gasteiger partial charge is 0.457 e. The fourth-order valence-electron chi connectivity index (χ4n) is 2.58. The lowest BCUT2D eigenvalue weighted by Gasteiger charge is -2.08. The molecule has 0 atom stereocenters. The SMILES string of the molecule is O=C(Cn1ncc(=O)c2ccccc21)OCc1nc2ccccc2s1. The van der Waals surface area contributed by atoms with Crippen LogP contribution in [0.5, 0.6) is 0 Å². The van der Waals surface area contributed by atoms with E-state index in [0.717, 1.165) is 15.2 Å². The first-order chi connectivity index (χ1) is 12.2. The maximum Gasteiger partial charge on any atom is 0.328 e. The van der Waals surface area contributed by atoms with Gasteiger partial charge in [-0.15, -0.1) is 11.3 Å². The summed E-state index contributed by atoms with van der Waals surface area (Å²) in [5.41, 5.74) is 1.33. The Bertz CT molecular complexity index is 1100. The number of fused-ring (bicyclic) bond motifs is 2. The molecule has 0 aliphatic heterocycles. The Labute approximate surface area is 146 Å². The lowest BCUT2D eigenvalue weighted by atomic mass is 10.2. The zero-order valence-electron chi connectivity index (χ0n) is 13.1. The fraction of sp³-hybridized carbons (Fsp3) is 0.111. The highest BCUT2D eigenvalue weighted by atomic mass is 32.1. The third kappa shape index (κ3) is 3.14. The average molecular weight is 351 g/mol. The van der Waals surface area contributed by atoms with Crippen molar-refractivity contribution in [1.82, 2.24) is 14.8 Å². The number of nitrogens with zero attached hydrogens (tertiary/aromatic N) is 3. The molecular weight excluding hydrogens is 338 g/mol. The highest BCUT2D eigenvalue weighted by Gasteiger charge is 2.11. The van der Waals surface area contributed by atoms with Crippen LogP contribution in [-0.4, -0.2) is 20.7 Å². The Hall–Kier alpha value is -3.06. The van der Waals surface area contributed by atoms with Gasteiger partial charge in [0, 0.05) is 5.39 Å². The molecule has 0 aliphatic carbocycles. The molecule has 0 saturated carbocycles. The number of hydrogen-bond acceptors (Lipinski definition) is 6. The number of benzene rings is 2. The topological polar surface area (TPSA) is 74.1 Å². The minimum Gasteiger partial charge on any atom is -0.457 e. The molecule has 0 radical (unpaired) electrons. The molecule has 0 spiro atoms. The van der Waals surface area contributed by atoms with Gasteiger partial charge in [-0.05, 0) is 24.3 Å². The van der Waals surface area contributed by atoms with Crippen LogP contribution in [-0.2, 0) is 22.7 Å². The Morgan fingerprint density at radius 3 is 2.80 bits per heavy atom. The second kappa shape index (κ2) is 6.45. The van der Waals surface area contributed by atoms with Crippen molar-refractivity contribution >= 4 is 38.4 Å². The van der Waals surface area contributed by atoms with E-state index in [1.807, 2.05) is 24.3 Å². The molecule has 4 rings (SSSR count). The van der Waals surface area contributed by atoms with E-state index in [9.17, 15) is 9.59 Å². The van der Waals surface area contributed by atoms with Crippen molar-refractivity contribution in [2.45, 2.75) is 13.2 Å². The Morgan fingerprint density at radius 1 is 1.12 bits per heavy atom. The predicted octanol–water partition coefficient (Wildman–Crippen LogP) is 2.75. The van der Waals surface area contributed by atoms with E-state index in [0.29, 0.717) is 10.9 Å². The van der Waals surface area contributed by atoms with Gasteiger partial charge in [0.15, 0.2) is 0 Å². The van der Waals surface area contributed by atoms with Crippen LogP contribution < -0.4 is 5.43 Å². The Morgan fingerprint density at radius 2 is 1.92 bits per heavy atom. The monoisotopic (exact) mass is 351 g/mol. The van der Waals surface area contributed by atoms with Crippen LogP contribution >= 0.6 is 11.3 Å². The standard InChI is InChI=1S/C18H13N3O3S/c22-15-9-19-21(14-7-3-1-5-12(14)15)10-18(23)24-11-17-20-13-6-2-4-8-16(13)25-17/h1-9H,10-11H2. The van der Waals surface area contributed by atoms with Gasteiger partial charge >= 0.3 is 5.97 Å². The number of carbonyl (C=O) groups is 1. The van der Waals surface area contributed by atoms with Gasteiger partial charge in [0.2, 0.25) is 5.43 Å². The van der Waals surface area contributed by atoms with Gasteiger partial charge in [-0.3, -0.25) is 14.3 Å². The van der Waals surface area contributed by atoms with Gasteiger partial charge in [0.1, 0.15) is 18.2 Å². The van der Waals surface area contributed by atoms with Gasteiger partial charge in [0.25, 0.3) is 0 Å². The minimum absolute atomic E-state index is 0.0638. The lowest BCUT2D eigenvalue weighted by Crippen LogP contribution is -2.19. The summed E-state index contributed by atoms with van der Waals surface area (Å²) < 4.78 is 7.84. The molecule has 2 aromatic carbocycles. The lowest BCUT2D eigenvalue weighted by molar-refractivity contribution is -0.145. The zero-order valence-corrected chi connectivity index (χ0v) is 13.9. The number of carbonyl (C=O) groups excluding carboxylic acids is 1. The summed E-state index contributed by atoms with van der Waals surface area (Å²) in [6, 6.07) is 14.8. The molecule has 2 aromatic heterocycles. The molecule has 0 fully saturated rings. The summed E-state index contributed by atoms with van der Waals surface area (Å²) in [4.78, 5) is 28.4. The molecule has 0 amide bonds. The van der Waals surface area contributed by atoms with Crippen LogP contribution in [0.4, 0.5) is 0 Å². The summed E-state index contributed by atoms with van der Waals surface area (Å²) in [6.07, 6.45) is 1.21. The quantitative estimate of drug-likeness (QED) is 0.529. The second-order valence-electron chi connectivity index (χ2n) is 5.42. The Kier molecular flexibility index (Phi) is 3.99. The molecule has 0 unspecified atom stereocenters. The van der Waals surface area contributed by atoms with Crippen molar-refractivity contribution < 1.29 is 9.53 Å². The predicted molar refractivity (Wildman–Crippen MR) is 95.4 cm³/mol. The molecule has 6 nitrogen and oxygen atoms in total. The summed E-state index contributed by atoms with van der Waals surface area (Å²) >= 11 is 1.50. The van der Waals surface area contributed by atoms with Gasteiger partial charge in [-0.25, -0.2) is 4.98 Å². The third-order valence-electron chi connectivity index (χ3n) is 3.74. The third-order valence-corrected chi connectivity index (χ3v) is 4.75. The average Bonchev–Trinajstić information content (AvgIpc) is 3.06. The molecule has 2 heterocycles. The molecule has 0 saturated heterocycles. The number of ether oxygens (including phenoxy) is 1. The number of esters is 1. The number of rotatable bonds is 4. The van der Waals surface area contributed by atoms with E-state index < -0.39 is 5.97 Å². The number of para-hydroxylation sites is 2. The van der Waals surface area contributed by atoms with E-state index in [1.54, 1.807) is 24.3 Å². The number of hydrogen-bond donors (Lipinski definition) is 0. The maximum atomic E-state index is 12.1. The smallest absolute Gasteiger partial charge is 0.328 e. The van der Waals surface area contributed by atoms with Gasteiger partial charge < -0.3 is 4.74 Å². The first-order valence-electron chi connectivity index (χ1n) is 7.66.